The van der Waals surface area contributed by atoms with Crippen molar-refractivity contribution >= 4 is 5.91 Å². The van der Waals surface area contributed by atoms with Crippen molar-refractivity contribution in [3.05, 3.63) is 0 Å². The van der Waals surface area contributed by atoms with Crippen molar-refractivity contribution in [2.75, 3.05) is 13.1 Å². The Balaban J connectivity index is 2.64. The van der Waals surface area contributed by atoms with Gasteiger partial charge in [0.1, 0.15) is 5.92 Å². The van der Waals surface area contributed by atoms with Crippen molar-refractivity contribution in [3.8, 4) is 6.07 Å². The highest BCUT2D eigenvalue weighted by atomic mass is 16.3. The molecule has 0 radical (unpaired) electrons. The van der Waals surface area contributed by atoms with Crippen molar-refractivity contribution < 1.29 is 9.90 Å². The van der Waals surface area contributed by atoms with Gasteiger partial charge < -0.3 is 10.0 Å². The van der Waals surface area contributed by atoms with Crippen LogP contribution in [0.1, 0.15) is 33.1 Å². The Bertz CT molecular complexity index is 281. The molecule has 1 rings (SSSR count). The van der Waals surface area contributed by atoms with E-state index in [4.69, 9.17) is 5.26 Å². The summed E-state index contributed by atoms with van der Waals surface area (Å²) in [5.41, 5.74) is -0.790. The van der Waals surface area contributed by atoms with Crippen LogP contribution in [0.15, 0.2) is 0 Å². The first-order chi connectivity index (χ1) is 7.00. The van der Waals surface area contributed by atoms with Gasteiger partial charge in [-0.3, -0.25) is 4.79 Å². The van der Waals surface area contributed by atoms with Crippen LogP contribution < -0.4 is 0 Å². The molecule has 0 spiro atoms. The number of nitrogens with zero attached hydrogens (tertiary/aromatic N) is 2. The molecular weight excluding hydrogens is 192 g/mol. The van der Waals surface area contributed by atoms with E-state index in [9.17, 15) is 9.90 Å². The Morgan fingerprint density at radius 2 is 2.40 bits per heavy atom. The average Bonchev–Trinajstić information content (AvgIpc) is 2.18. The molecule has 1 saturated heterocycles. The van der Waals surface area contributed by atoms with E-state index in [2.05, 4.69) is 0 Å². The number of β-amino-alcohol motifs (C(OH)–C–C–N with tert-alkyl or cyclic N) is 1. The number of amides is 1. The van der Waals surface area contributed by atoms with Crippen molar-refractivity contribution in [1.82, 2.24) is 4.90 Å². The quantitative estimate of drug-likeness (QED) is 0.736. The number of hydrogen-bond donors (Lipinski definition) is 1. The van der Waals surface area contributed by atoms with E-state index in [0.29, 0.717) is 19.5 Å². The predicted molar refractivity (Wildman–Crippen MR) is 55.8 cm³/mol. The number of likely N-dealkylation sites (tertiary alicyclic amines) is 1. The van der Waals surface area contributed by atoms with Gasteiger partial charge in [-0.05, 0) is 26.2 Å². The third-order valence-corrected chi connectivity index (χ3v) is 2.85. The largest absolute Gasteiger partial charge is 0.388 e. The van der Waals surface area contributed by atoms with Gasteiger partial charge in [0.05, 0.1) is 11.7 Å². The molecule has 1 N–H and O–H groups in total. The second-order valence-corrected chi connectivity index (χ2v) is 4.45. The van der Waals surface area contributed by atoms with E-state index in [1.807, 2.05) is 13.0 Å². The number of rotatable bonds is 2. The van der Waals surface area contributed by atoms with E-state index in [1.54, 1.807) is 11.8 Å². The summed E-state index contributed by atoms with van der Waals surface area (Å²) in [4.78, 5) is 13.5. The van der Waals surface area contributed by atoms with Crippen molar-refractivity contribution in [2.24, 2.45) is 5.92 Å². The zero-order valence-corrected chi connectivity index (χ0v) is 9.36. The number of carbonyl (C=O) groups is 1. The van der Waals surface area contributed by atoms with Gasteiger partial charge in [0.25, 0.3) is 0 Å². The Morgan fingerprint density at radius 3 is 2.87 bits per heavy atom. The highest BCUT2D eigenvalue weighted by Crippen LogP contribution is 2.22. The fourth-order valence-electron chi connectivity index (χ4n) is 1.95. The molecule has 0 aromatic rings. The van der Waals surface area contributed by atoms with Gasteiger partial charge in [-0.25, -0.2) is 0 Å². The third kappa shape index (κ3) is 2.93. The average molecular weight is 210 g/mol. The normalized spacial score (nSPS) is 28.3. The molecule has 0 bridgehead atoms. The number of hydrogen-bond acceptors (Lipinski definition) is 3. The van der Waals surface area contributed by atoms with Gasteiger partial charge in [-0.2, -0.15) is 5.26 Å². The van der Waals surface area contributed by atoms with Crippen LogP contribution in [0.25, 0.3) is 0 Å². The number of piperidine rings is 1. The Hall–Kier alpha value is -1.08. The van der Waals surface area contributed by atoms with E-state index < -0.39 is 11.5 Å². The lowest BCUT2D eigenvalue weighted by Gasteiger charge is -2.37. The molecule has 15 heavy (non-hydrogen) atoms. The highest BCUT2D eigenvalue weighted by molar-refractivity contribution is 5.81. The number of aliphatic hydroxyl groups is 1. The van der Waals surface area contributed by atoms with Crippen molar-refractivity contribution in [2.45, 2.75) is 38.7 Å². The summed E-state index contributed by atoms with van der Waals surface area (Å²) in [6, 6.07) is 2.00. The lowest BCUT2D eigenvalue weighted by atomic mass is 9.94. The zero-order chi connectivity index (χ0) is 11.5. The Labute approximate surface area is 90.5 Å². The lowest BCUT2D eigenvalue weighted by molar-refractivity contribution is -0.140. The predicted octanol–water partition coefficient (Wildman–Crippen LogP) is 0.910. The minimum Gasteiger partial charge on any atom is -0.388 e. The van der Waals surface area contributed by atoms with E-state index in [1.165, 1.54) is 0 Å². The molecule has 4 nitrogen and oxygen atoms in total. The summed E-state index contributed by atoms with van der Waals surface area (Å²) in [5, 5.41) is 18.6. The smallest absolute Gasteiger partial charge is 0.240 e. The van der Waals surface area contributed by atoms with Crippen LogP contribution in [-0.4, -0.2) is 34.6 Å². The minimum atomic E-state index is -0.790. The number of nitriles is 1. The van der Waals surface area contributed by atoms with Gasteiger partial charge in [-0.15, -0.1) is 0 Å². The molecule has 2 atom stereocenters. The third-order valence-electron chi connectivity index (χ3n) is 2.85. The van der Waals surface area contributed by atoms with Crippen LogP contribution in [0, 0.1) is 17.2 Å². The fourth-order valence-corrected chi connectivity index (χ4v) is 1.95. The maximum absolute atomic E-state index is 11.8. The Morgan fingerprint density at radius 1 is 1.73 bits per heavy atom. The molecule has 1 aliphatic heterocycles. The summed E-state index contributed by atoms with van der Waals surface area (Å²) < 4.78 is 0. The maximum atomic E-state index is 11.8. The first-order valence-electron chi connectivity index (χ1n) is 5.41. The SMILES string of the molecule is CCC(C#N)C(=O)N1CCCC(C)(O)C1. The molecule has 1 heterocycles. The topological polar surface area (TPSA) is 64.3 Å². The summed E-state index contributed by atoms with van der Waals surface area (Å²) in [5.74, 6) is -0.695. The fraction of sp³-hybridized carbons (Fsp3) is 0.818. The molecule has 1 aliphatic rings. The molecule has 0 aliphatic carbocycles. The molecule has 0 saturated carbocycles. The van der Waals surface area contributed by atoms with E-state index >= 15 is 0 Å². The highest BCUT2D eigenvalue weighted by Gasteiger charge is 2.33. The molecular formula is C11H18N2O2. The zero-order valence-electron chi connectivity index (χ0n) is 9.36. The van der Waals surface area contributed by atoms with Crippen LogP contribution in [0.5, 0.6) is 0 Å². The summed E-state index contributed by atoms with van der Waals surface area (Å²) in [6.45, 7) is 4.57. The first-order valence-corrected chi connectivity index (χ1v) is 5.41. The first kappa shape index (κ1) is 12.0. The van der Waals surface area contributed by atoms with Crippen molar-refractivity contribution in [1.29, 1.82) is 5.26 Å². The van der Waals surface area contributed by atoms with Gasteiger partial charge in [-0.1, -0.05) is 6.92 Å². The molecule has 0 aromatic heterocycles. The van der Waals surface area contributed by atoms with Gasteiger partial charge in [0, 0.05) is 13.1 Å². The van der Waals surface area contributed by atoms with E-state index in [-0.39, 0.29) is 5.91 Å². The minimum absolute atomic E-state index is 0.139. The Kier molecular flexibility index (Phi) is 3.70. The molecule has 84 valence electrons. The lowest BCUT2D eigenvalue weighted by Crippen LogP contribution is -2.50. The molecule has 1 amide bonds. The van der Waals surface area contributed by atoms with Crippen molar-refractivity contribution in [3.63, 3.8) is 0 Å². The molecule has 1 fully saturated rings. The monoisotopic (exact) mass is 210 g/mol. The maximum Gasteiger partial charge on any atom is 0.240 e. The second kappa shape index (κ2) is 4.63. The van der Waals surface area contributed by atoms with Crippen LogP contribution in [0.4, 0.5) is 0 Å². The number of carbonyl (C=O) groups excluding carboxylic acids is 1. The van der Waals surface area contributed by atoms with Gasteiger partial charge in [0.2, 0.25) is 5.91 Å². The van der Waals surface area contributed by atoms with E-state index in [0.717, 1.165) is 12.8 Å². The van der Waals surface area contributed by atoms with Crippen LogP contribution in [-0.2, 0) is 4.79 Å². The van der Waals surface area contributed by atoms with Crippen LogP contribution in [0.3, 0.4) is 0 Å². The molecule has 0 aromatic carbocycles. The molecule has 2 unspecified atom stereocenters. The van der Waals surface area contributed by atoms with Gasteiger partial charge in [0.15, 0.2) is 0 Å². The van der Waals surface area contributed by atoms with Crippen LogP contribution in [0.2, 0.25) is 0 Å². The standard InChI is InChI=1S/C11H18N2O2/c1-3-9(7-12)10(14)13-6-4-5-11(2,15)8-13/h9,15H,3-6,8H2,1-2H3. The summed E-state index contributed by atoms with van der Waals surface area (Å²) >= 11 is 0. The van der Waals surface area contributed by atoms with Crippen LogP contribution >= 0.6 is 0 Å². The summed E-state index contributed by atoms with van der Waals surface area (Å²) in [6.07, 6.45) is 2.06. The van der Waals surface area contributed by atoms with Gasteiger partial charge >= 0.3 is 0 Å². The second-order valence-electron chi connectivity index (χ2n) is 4.45. The summed E-state index contributed by atoms with van der Waals surface area (Å²) in [7, 11) is 0. The molecule has 4 heteroatoms.